The zero-order chi connectivity index (χ0) is 17.2. The summed E-state index contributed by atoms with van der Waals surface area (Å²) < 4.78 is 0. The number of anilines is 1. The number of rotatable bonds is 3. The summed E-state index contributed by atoms with van der Waals surface area (Å²) in [6, 6.07) is 6.63. The molecule has 0 amide bonds. The van der Waals surface area contributed by atoms with Gasteiger partial charge in [0.2, 0.25) is 0 Å². The summed E-state index contributed by atoms with van der Waals surface area (Å²) in [5.41, 5.74) is 4.19. The summed E-state index contributed by atoms with van der Waals surface area (Å²) in [5, 5.41) is 10.1. The first-order valence-corrected chi connectivity index (χ1v) is 8.51. The molecule has 0 aliphatic carbocycles. The molecule has 126 valence electrons. The minimum atomic E-state index is 0.435. The predicted octanol–water partition coefficient (Wildman–Crippen LogP) is 3.01. The van der Waals surface area contributed by atoms with Crippen LogP contribution in [0.3, 0.4) is 0 Å². The van der Waals surface area contributed by atoms with Gasteiger partial charge in [-0.25, -0.2) is 4.98 Å². The van der Waals surface area contributed by atoms with E-state index in [9.17, 15) is 0 Å². The van der Waals surface area contributed by atoms with Gasteiger partial charge in [0.1, 0.15) is 5.65 Å². The Hall–Kier alpha value is -3.07. The molecule has 3 aromatic heterocycles. The van der Waals surface area contributed by atoms with E-state index in [0.29, 0.717) is 6.04 Å². The number of H-pyrrole nitrogens is 1. The van der Waals surface area contributed by atoms with E-state index in [4.69, 9.17) is 5.26 Å². The number of nitriles is 1. The van der Waals surface area contributed by atoms with Crippen LogP contribution in [0.15, 0.2) is 43.0 Å². The van der Waals surface area contributed by atoms with Gasteiger partial charge in [0.05, 0.1) is 11.9 Å². The molecule has 0 radical (unpaired) electrons. The Kier molecular flexibility index (Phi) is 3.98. The molecule has 0 saturated carbocycles. The first kappa shape index (κ1) is 15.5. The van der Waals surface area contributed by atoms with Crippen LogP contribution in [0.5, 0.6) is 0 Å². The molecule has 0 atom stereocenters. The number of likely N-dealkylation sites (tertiary alicyclic amines) is 1. The molecule has 0 aromatic carbocycles. The van der Waals surface area contributed by atoms with Crippen molar-refractivity contribution in [2.24, 2.45) is 0 Å². The molecule has 4 heterocycles. The molecular formula is C19H20N6. The van der Waals surface area contributed by atoms with E-state index in [1.54, 1.807) is 6.20 Å². The Morgan fingerprint density at radius 3 is 2.88 bits per heavy atom. The molecule has 0 bridgehead atoms. The Balaban J connectivity index is 1.64. The van der Waals surface area contributed by atoms with Gasteiger partial charge < -0.3 is 14.8 Å². The van der Waals surface area contributed by atoms with E-state index in [1.165, 1.54) is 0 Å². The summed E-state index contributed by atoms with van der Waals surface area (Å²) in [6.45, 7) is 1.65. The highest BCUT2D eigenvalue weighted by atomic mass is 15.2. The summed E-state index contributed by atoms with van der Waals surface area (Å²) in [6.07, 6.45) is 11.8. The molecule has 1 aliphatic heterocycles. The van der Waals surface area contributed by atoms with Crippen molar-refractivity contribution in [1.82, 2.24) is 19.9 Å². The van der Waals surface area contributed by atoms with Gasteiger partial charge in [0, 0.05) is 61.3 Å². The lowest BCUT2D eigenvalue weighted by Crippen LogP contribution is -2.41. The largest absolute Gasteiger partial charge is 0.370 e. The number of hydrogen-bond acceptors (Lipinski definition) is 5. The summed E-state index contributed by atoms with van der Waals surface area (Å²) in [5.74, 6) is 0. The molecule has 1 N–H and O–H groups in total. The Bertz CT molecular complexity index is 903. The molecule has 0 spiro atoms. The topological polar surface area (TPSA) is 71.8 Å². The van der Waals surface area contributed by atoms with Crippen LogP contribution in [-0.4, -0.2) is 46.0 Å². The van der Waals surface area contributed by atoms with Gasteiger partial charge in [-0.15, -0.1) is 0 Å². The molecule has 6 heteroatoms. The Morgan fingerprint density at radius 1 is 1.32 bits per heavy atom. The highest BCUT2D eigenvalue weighted by Crippen LogP contribution is 2.31. The molecule has 4 rings (SSSR count). The monoisotopic (exact) mass is 332 g/mol. The number of pyridine rings is 2. The minimum absolute atomic E-state index is 0.435. The number of nitrogens with zero attached hydrogens (tertiary/aromatic N) is 5. The lowest BCUT2D eigenvalue weighted by molar-refractivity contribution is 0.291. The number of piperidine rings is 1. The third kappa shape index (κ3) is 2.89. The molecule has 25 heavy (non-hydrogen) atoms. The maximum atomic E-state index is 9.01. The number of aromatic nitrogens is 3. The van der Waals surface area contributed by atoms with Crippen LogP contribution >= 0.6 is 0 Å². The van der Waals surface area contributed by atoms with Gasteiger partial charge in [0.15, 0.2) is 6.19 Å². The van der Waals surface area contributed by atoms with Crippen LogP contribution < -0.4 is 4.90 Å². The molecule has 3 aromatic rings. The number of hydrogen-bond donors (Lipinski definition) is 1. The van der Waals surface area contributed by atoms with E-state index in [1.807, 2.05) is 29.6 Å². The SMILES string of the molecule is CN(c1cnc2[nH]cc(-c3cccnc3)c2c1)C1CCN(C#N)CC1. The molecule has 6 nitrogen and oxygen atoms in total. The van der Waals surface area contributed by atoms with Crippen LogP contribution in [0.1, 0.15) is 12.8 Å². The maximum Gasteiger partial charge on any atom is 0.179 e. The van der Waals surface area contributed by atoms with Crippen LogP contribution in [0, 0.1) is 11.5 Å². The van der Waals surface area contributed by atoms with Crippen LogP contribution in [0.2, 0.25) is 0 Å². The molecule has 1 aliphatic rings. The van der Waals surface area contributed by atoms with Crippen molar-refractivity contribution >= 4 is 16.7 Å². The second-order valence-electron chi connectivity index (χ2n) is 6.46. The lowest BCUT2D eigenvalue weighted by Gasteiger charge is -2.35. The number of nitrogens with one attached hydrogen (secondary N) is 1. The standard InChI is InChI=1S/C19H20N6/c1-24(15-4-7-25(13-20)8-5-15)16-9-17-18(12-23-19(17)22-11-16)14-3-2-6-21-10-14/h2-3,6,9-12,15H,4-5,7-8H2,1H3,(H,22,23). The van der Waals surface area contributed by atoms with Crippen LogP contribution in [-0.2, 0) is 0 Å². The third-order valence-corrected chi connectivity index (χ3v) is 5.05. The average molecular weight is 332 g/mol. The zero-order valence-corrected chi connectivity index (χ0v) is 14.2. The normalized spacial score (nSPS) is 15.3. The van der Waals surface area contributed by atoms with E-state index < -0.39 is 0 Å². The first-order valence-electron chi connectivity index (χ1n) is 8.51. The van der Waals surface area contributed by atoms with Crippen LogP contribution in [0.25, 0.3) is 22.2 Å². The maximum absolute atomic E-state index is 9.01. The van der Waals surface area contributed by atoms with Crippen LogP contribution in [0.4, 0.5) is 5.69 Å². The Morgan fingerprint density at radius 2 is 2.16 bits per heavy atom. The second-order valence-corrected chi connectivity index (χ2v) is 6.46. The third-order valence-electron chi connectivity index (χ3n) is 5.05. The number of aromatic amines is 1. The second kappa shape index (κ2) is 6.44. The molecule has 1 fully saturated rings. The van der Waals surface area contributed by atoms with Crippen molar-refractivity contribution in [3.8, 4) is 17.3 Å². The molecular weight excluding hydrogens is 312 g/mol. The smallest absolute Gasteiger partial charge is 0.179 e. The van der Waals surface area contributed by atoms with Gasteiger partial charge in [-0.3, -0.25) is 4.98 Å². The van der Waals surface area contributed by atoms with Crippen molar-refractivity contribution in [3.63, 3.8) is 0 Å². The molecule has 1 saturated heterocycles. The minimum Gasteiger partial charge on any atom is -0.370 e. The van der Waals surface area contributed by atoms with E-state index in [0.717, 1.165) is 53.8 Å². The van der Waals surface area contributed by atoms with Crippen molar-refractivity contribution in [1.29, 1.82) is 5.26 Å². The van der Waals surface area contributed by atoms with Gasteiger partial charge in [0.25, 0.3) is 0 Å². The van der Waals surface area contributed by atoms with Crippen molar-refractivity contribution in [3.05, 3.63) is 43.0 Å². The van der Waals surface area contributed by atoms with E-state index in [2.05, 4.69) is 45.2 Å². The summed E-state index contributed by atoms with van der Waals surface area (Å²) in [7, 11) is 2.12. The van der Waals surface area contributed by atoms with E-state index >= 15 is 0 Å². The Labute approximate surface area is 146 Å². The summed E-state index contributed by atoms with van der Waals surface area (Å²) >= 11 is 0. The van der Waals surface area contributed by atoms with Crippen molar-refractivity contribution in [2.75, 3.05) is 25.0 Å². The number of fused-ring (bicyclic) bond motifs is 1. The van der Waals surface area contributed by atoms with Crippen molar-refractivity contribution < 1.29 is 0 Å². The lowest BCUT2D eigenvalue weighted by atomic mass is 10.0. The fourth-order valence-corrected chi connectivity index (χ4v) is 3.51. The van der Waals surface area contributed by atoms with Gasteiger partial charge in [-0.1, -0.05) is 6.07 Å². The first-order chi connectivity index (χ1) is 12.3. The predicted molar refractivity (Wildman–Crippen MR) is 97.9 cm³/mol. The zero-order valence-electron chi connectivity index (χ0n) is 14.2. The van der Waals surface area contributed by atoms with E-state index in [-0.39, 0.29) is 0 Å². The van der Waals surface area contributed by atoms with Gasteiger partial charge >= 0.3 is 0 Å². The van der Waals surface area contributed by atoms with Crippen molar-refractivity contribution in [2.45, 2.75) is 18.9 Å². The fourth-order valence-electron chi connectivity index (χ4n) is 3.51. The van der Waals surface area contributed by atoms with Gasteiger partial charge in [-0.05, 0) is 25.0 Å². The highest BCUT2D eigenvalue weighted by Gasteiger charge is 2.22. The quantitative estimate of drug-likeness (QED) is 0.747. The summed E-state index contributed by atoms with van der Waals surface area (Å²) in [4.78, 5) is 16.2. The average Bonchev–Trinajstić information content (AvgIpc) is 3.11. The fraction of sp³-hybridized carbons (Fsp3) is 0.316. The highest BCUT2D eigenvalue weighted by molar-refractivity contribution is 5.95. The van der Waals surface area contributed by atoms with Gasteiger partial charge in [-0.2, -0.15) is 5.26 Å². The molecule has 0 unspecified atom stereocenters.